The van der Waals surface area contributed by atoms with E-state index in [1.54, 1.807) is 0 Å². The van der Waals surface area contributed by atoms with Gasteiger partial charge in [-0.05, 0) is 56.4 Å². The molecular weight excluding hydrogens is 618 g/mol. The van der Waals surface area contributed by atoms with Gasteiger partial charge in [0, 0.05) is 0 Å². The average Bonchev–Trinajstić information content (AvgIpc) is 3.73. The van der Waals surface area contributed by atoms with Crippen LogP contribution in [0.2, 0.25) is 0 Å². The average molecular weight is 699 g/mol. The van der Waals surface area contributed by atoms with Crippen molar-refractivity contribution in [1.82, 2.24) is 0 Å². The Hall–Kier alpha value is -0.0410. The first-order valence-corrected chi connectivity index (χ1v) is 16.9. The Kier molecular flexibility index (Phi) is 50.1. The number of allylic oxidation sites excluding steroid dienone is 7. The fraction of sp³-hybridized carbons (Fsp3) is 0.707. The van der Waals surface area contributed by atoms with Crippen molar-refractivity contribution in [2.24, 2.45) is 17.8 Å². The molecular formula is C41H80Fe2N+. The Morgan fingerprint density at radius 2 is 0.909 bits per heavy atom. The minimum absolute atomic E-state index is 0. The standard InChI is InChI=1S/C12H22N.C10H20.C10H16.C5H10.4CH3.2Fe/c1-13(2,3)11-7-6-10-12-8-4-5-9-12;2*1-2-3-4-7-10-8-5-6-9-10;1-2-4-5-3-1;;;;;;/h6-7,10-12H,4-5,8-9H2,1-3H3;10H,2-9H2,1H3;2-4,7,10H,5-6,8-9H2,1H3;1-5H2;4*1H3;;/q+1;;;;4*-1;2*+2/b10-6+,11-7+;;3-2+,7-4+;;;;;;;. The second-order valence-corrected chi connectivity index (χ2v) is 13.3. The van der Waals surface area contributed by atoms with E-state index in [0.717, 1.165) is 22.2 Å². The molecule has 0 bridgehead atoms. The predicted molar refractivity (Wildman–Crippen MR) is 199 cm³/mol. The summed E-state index contributed by atoms with van der Waals surface area (Å²) in [6, 6.07) is 0. The first-order valence-electron chi connectivity index (χ1n) is 16.9. The molecule has 0 saturated heterocycles. The number of nitrogens with zero attached hydrogens (tertiary/aromatic N) is 1. The first-order chi connectivity index (χ1) is 18.4. The van der Waals surface area contributed by atoms with Crippen LogP contribution in [0.3, 0.4) is 0 Å². The van der Waals surface area contributed by atoms with Gasteiger partial charge >= 0.3 is 34.1 Å². The van der Waals surface area contributed by atoms with E-state index in [-0.39, 0.29) is 63.8 Å². The molecule has 264 valence electrons. The van der Waals surface area contributed by atoms with Gasteiger partial charge in [-0.2, -0.15) is 0 Å². The normalized spacial score (nSPS) is 18.4. The van der Waals surface area contributed by atoms with Crippen molar-refractivity contribution in [1.29, 1.82) is 0 Å². The van der Waals surface area contributed by atoms with Crippen LogP contribution in [0.5, 0.6) is 0 Å². The second-order valence-electron chi connectivity index (χ2n) is 13.3. The van der Waals surface area contributed by atoms with Crippen molar-refractivity contribution in [3.05, 3.63) is 78.4 Å². The van der Waals surface area contributed by atoms with Crippen molar-refractivity contribution in [3.8, 4) is 0 Å². The predicted octanol–water partition coefficient (Wildman–Crippen LogP) is 13.8. The molecule has 0 aromatic heterocycles. The summed E-state index contributed by atoms with van der Waals surface area (Å²) in [6.45, 7) is 4.34. The van der Waals surface area contributed by atoms with Crippen LogP contribution in [0.25, 0.3) is 0 Å². The van der Waals surface area contributed by atoms with E-state index in [2.05, 4.69) is 83.7 Å². The summed E-state index contributed by atoms with van der Waals surface area (Å²) in [6.07, 6.45) is 48.4. The van der Waals surface area contributed by atoms with E-state index >= 15 is 0 Å². The zero-order valence-corrected chi connectivity index (χ0v) is 33.6. The van der Waals surface area contributed by atoms with Gasteiger partial charge in [0.2, 0.25) is 0 Å². The minimum atomic E-state index is 0. The molecule has 0 aromatic carbocycles. The Morgan fingerprint density at radius 3 is 1.27 bits per heavy atom. The van der Waals surface area contributed by atoms with Gasteiger partial charge in [-0.15, -0.1) is 0 Å². The fourth-order valence-electron chi connectivity index (χ4n) is 6.03. The van der Waals surface area contributed by atoms with Gasteiger partial charge < -0.3 is 34.2 Å². The summed E-state index contributed by atoms with van der Waals surface area (Å²) in [4.78, 5) is 0. The van der Waals surface area contributed by atoms with E-state index in [1.807, 2.05) is 0 Å². The molecule has 4 saturated carbocycles. The molecule has 4 aliphatic rings. The largest absolute Gasteiger partial charge is 2.00 e. The maximum Gasteiger partial charge on any atom is 2.00 e. The second kappa shape index (κ2) is 39.1. The van der Waals surface area contributed by atoms with Crippen LogP contribution < -0.4 is 0 Å². The molecule has 44 heavy (non-hydrogen) atoms. The summed E-state index contributed by atoms with van der Waals surface area (Å²) in [5, 5.41) is 0. The van der Waals surface area contributed by atoms with Gasteiger partial charge in [-0.25, -0.2) is 0 Å². The molecule has 0 atom stereocenters. The third kappa shape index (κ3) is 36.4. The third-order valence-corrected chi connectivity index (χ3v) is 8.45. The molecule has 1 nitrogen and oxygen atoms in total. The smallest absolute Gasteiger partial charge is 0.358 e. The Labute approximate surface area is 303 Å². The molecule has 4 rings (SSSR count). The molecule has 4 fully saturated rings. The number of hydrogen-bond donors (Lipinski definition) is 0. The number of quaternary nitrogens is 1. The Bertz CT molecular complexity index is 614. The van der Waals surface area contributed by atoms with Crippen LogP contribution in [0, 0.1) is 47.5 Å². The summed E-state index contributed by atoms with van der Waals surface area (Å²) in [7, 11) is 6.50. The maximum atomic E-state index is 2.36. The monoisotopic (exact) mass is 698 g/mol. The van der Waals surface area contributed by atoms with Gasteiger partial charge in [-0.1, -0.05) is 153 Å². The maximum absolute atomic E-state index is 2.36. The first kappa shape index (κ1) is 56.3. The number of hydrogen-bond acceptors (Lipinski definition) is 0. The van der Waals surface area contributed by atoms with Crippen molar-refractivity contribution in [2.45, 2.75) is 149 Å². The van der Waals surface area contributed by atoms with Crippen LogP contribution in [-0.4, -0.2) is 25.6 Å². The SMILES string of the molecule is C/C=C/C=C/C1CCCC1.C1CCCC1.CCCCCC1CCCC1.C[N+](C)(C)/C=C/C=C/C1CCCC1.[CH3-].[CH3-].[CH3-].[CH3-].[Fe+2].[Fe+2]. The van der Waals surface area contributed by atoms with Crippen molar-refractivity contribution in [3.63, 3.8) is 0 Å². The van der Waals surface area contributed by atoms with E-state index in [0.29, 0.717) is 0 Å². The topological polar surface area (TPSA) is 0 Å². The van der Waals surface area contributed by atoms with Crippen molar-refractivity contribution >= 4 is 0 Å². The molecule has 0 spiro atoms. The molecule has 0 aromatic rings. The van der Waals surface area contributed by atoms with Gasteiger partial charge in [0.15, 0.2) is 0 Å². The zero-order valence-electron chi connectivity index (χ0n) is 31.4. The summed E-state index contributed by atoms with van der Waals surface area (Å²) >= 11 is 0. The molecule has 0 aliphatic heterocycles. The fourth-order valence-corrected chi connectivity index (χ4v) is 6.03. The van der Waals surface area contributed by atoms with Gasteiger partial charge in [0.05, 0.1) is 27.3 Å². The molecule has 0 unspecified atom stereocenters. The molecule has 0 amide bonds. The molecule has 3 heteroatoms. The van der Waals surface area contributed by atoms with Crippen molar-refractivity contribution in [2.75, 3.05) is 21.1 Å². The van der Waals surface area contributed by atoms with Crippen molar-refractivity contribution < 1.29 is 38.6 Å². The van der Waals surface area contributed by atoms with E-state index in [1.165, 1.54) is 135 Å². The Morgan fingerprint density at radius 1 is 0.523 bits per heavy atom. The number of rotatable bonds is 9. The van der Waals surface area contributed by atoms with Crippen LogP contribution in [-0.2, 0) is 34.1 Å². The zero-order chi connectivity index (χ0) is 27.7. The molecule has 0 radical (unpaired) electrons. The quantitative estimate of drug-likeness (QED) is 0.0739. The molecule has 4 aliphatic carbocycles. The van der Waals surface area contributed by atoms with E-state index in [9.17, 15) is 0 Å². The van der Waals surface area contributed by atoms with E-state index in [4.69, 9.17) is 0 Å². The molecule has 0 N–H and O–H groups in total. The van der Waals surface area contributed by atoms with E-state index < -0.39 is 0 Å². The van der Waals surface area contributed by atoms with Crippen LogP contribution >= 0.6 is 0 Å². The number of unbranched alkanes of at least 4 members (excludes halogenated alkanes) is 2. The minimum Gasteiger partial charge on any atom is -0.358 e. The van der Waals surface area contributed by atoms with Gasteiger partial charge in [-0.3, -0.25) is 0 Å². The Balaban J connectivity index is -0.000000108. The van der Waals surface area contributed by atoms with Crippen LogP contribution in [0.4, 0.5) is 0 Å². The van der Waals surface area contributed by atoms with Crippen LogP contribution in [0.15, 0.2) is 48.7 Å². The van der Waals surface area contributed by atoms with Gasteiger partial charge in [0.1, 0.15) is 0 Å². The summed E-state index contributed by atoms with van der Waals surface area (Å²) < 4.78 is 0.898. The summed E-state index contributed by atoms with van der Waals surface area (Å²) in [5.74, 6) is 2.86. The third-order valence-electron chi connectivity index (χ3n) is 8.45. The van der Waals surface area contributed by atoms with Crippen LogP contribution in [0.1, 0.15) is 149 Å². The molecule has 0 heterocycles. The van der Waals surface area contributed by atoms with Gasteiger partial charge in [0.25, 0.3) is 0 Å². The summed E-state index contributed by atoms with van der Waals surface area (Å²) in [5.41, 5.74) is 0.